The first-order chi connectivity index (χ1) is 7.04. The first-order valence-electron chi connectivity index (χ1n) is 5.01. The minimum absolute atomic E-state index is 0.327. The van der Waals surface area contributed by atoms with E-state index in [1.54, 1.807) is 0 Å². The lowest BCUT2D eigenvalue weighted by atomic mass is 10.8. The number of hydrogen-bond acceptors (Lipinski definition) is 4. The largest absolute Gasteiger partial charge is 0.428 e. The van der Waals surface area contributed by atoms with Crippen molar-refractivity contribution in [3.8, 4) is 0 Å². The number of nitrogens with zero attached hydrogens (tertiary/aromatic N) is 1. The fourth-order valence-corrected chi connectivity index (χ4v) is 0.292. The maximum Gasteiger partial charge on any atom is 0.412 e. The second-order valence-corrected chi connectivity index (χ2v) is 2.06. The monoisotopic (exact) mass is 221 g/mol. The van der Waals surface area contributed by atoms with E-state index in [1.807, 2.05) is 27.7 Å². The zero-order valence-electron chi connectivity index (χ0n) is 10.8. The second-order valence-electron chi connectivity index (χ2n) is 2.06. The molecule has 0 aromatic carbocycles. The molecule has 0 heterocycles. The van der Waals surface area contributed by atoms with Crippen LogP contribution in [0.5, 0.6) is 0 Å². The average Bonchev–Trinajstić information content (AvgIpc) is 2.23. The van der Waals surface area contributed by atoms with Gasteiger partial charge in [0.1, 0.15) is 0 Å². The first-order valence-corrected chi connectivity index (χ1v) is 5.01. The highest BCUT2D eigenvalue weighted by molar-refractivity contribution is 5.68. The van der Waals surface area contributed by atoms with Gasteiger partial charge in [0.15, 0.2) is 0 Å². The Balaban J connectivity index is -0.000000318. The molecular weight excluding hydrogens is 198 g/mol. The molecule has 92 valence electrons. The number of amides is 1. The summed E-state index contributed by atoms with van der Waals surface area (Å²) in [6, 6.07) is 0. The SMILES string of the molecule is CC.CC.CC(=O)OCOC(=O)N(C)C. The number of ether oxygens (including phenoxy) is 2. The molecule has 0 aliphatic rings. The molecule has 0 atom stereocenters. The van der Waals surface area contributed by atoms with Crippen LogP contribution in [0, 0.1) is 0 Å². The number of carbonyl (C=O) groups excluding carboxylic acids is 2. The van der Waals surface area contributed by atoms with Crippen molar-refractivity contribution in [1.82, 2.24) is 4.90 Å². The summed E-state index contributed by atoms with van der Waals surface area (Å²) in [6.45, 7) is 8.91. The summed E-state index contributed by atoms with van der Waals surface area (Å²) in [5.41, 5.74) is 0. The summed E-state index contributed by atoms with van der Waals surface area (Å²) in [4.78, 5) is 22.0. The Bertz CT molecular complexity index is 158. The third-order valence-corrected chi connectivity index (χ3v) is 0.810. The Morgan fingerprint density at radius 2 is 1.40 bits per heavy atom. The lowest BCUT2D eigenvalue weighted by molar-refractivity contribution is -0.149. The van der Waals surface area contributed by atoms with Crippen molar-refractivity contribution in [3.05, 3.63) is 0 Å². The maximum absolute atomic E-state index is 10.6. The predicted octanol–water partition coefficient (Wildman–Crippen LogP) is 2.26. The fraction of sp³-hybridized carbons (Fsp3) is 0.800. The minimum atomic E-state index is -0.536. The zero-order valence-corrected chi connectivity index (χ0v) is 10.8. The van der Waals surface area contributed by atoms with Gasteiger partial charge < -0.3 is 14.4 Å². The van der Waals surface area contributed by atoms with Crippen molar-refractivity contribution in [3.63, 3.8) is 0 Å². The maximum atomic E-state index is 10.6. The summed E-state index contributed by atoms with van der Waals surface area (Å²) >= 11 is 0. The lowest BCUT2D eigenvalue weighted by Gasteiger charge is -2.09. The predicted molar refractivity (Wildman–Crippen MR) is 59.5 cm³/mol. The lowest BCUT2D eigenvalue weighted by Crippen LogP contribution is -2.24. The number of hydrogen-bond donors (Lipinski definition) is 0. The van der Waals surface area contributed by atoms with Crippen LogP contribution in [-0.2, 0) is 14.3 Å². The summed E-state index contributed by atoms with van der Waals surface area (Å²) in [7, 11) is 3.08. The highest BCUT2D eigenvalue weighted by Crippen LogP contribution is 1.86. The van der Waals surface area contributed by atoms with Crippen molar-refractivity contribution >= 4 is 12.1 Å². The molecule has 0 saturated carbocycles. The molecule has 0 spiro atoms. The Morgan fingerprint density at radius 1 is 1.00 bits per heavy atom. The molecular formula is C10H23NO4. The topological polar surface area (TPSA) is 55.8 Å². The van der Waals surface area contributed by atoms with E-state index < -0.39 is 12.1 Å². The normalized spacial score (nSPS) is 7.13. The van der Waals surface area contributed by atoms with Crippen LogP contribution in [-0.4, -0.2) is 37.9 Å². The van der Waals surface area contributed by atoms with E-state index in [0.717, 1.165) is 0 Å². The Hall–Kier alpha value is -1.26. The van der Waals surface area contributed by atoms with E-state index in [-0.39, 0.29) is 6.79 Å². The molecule has 0 bridgehead atoms. The van der Waals surface area contributed by atoms with E-state index in [1.165, 1.54) is 25.9 Å². The molecule has 5 nitrogen and oxygen atoms in total. The van der Waals surface area contributed by atoms with E-state index >= 15 is 0 Å². The molecule has 5 heteroatoms. The van der Waals surface area contributed by atoms with Gasteiger partial charge in [0.25, 0.3) is 0 Å². The van der Waals surface area contributed by atoms with Crippen LogP contribution in [0.15, 0.2) is 0 Å². The van der Waals surface area contributed by atoms with E-state index in [9.17, 15) is 9.59 Å². The van der Waals surface area contributed by atoms with E-state index in [2.05, 4.69) is 9.47 Å². The van der Waals surface area contributed by atoms with Crippen LogP contribution in [0.1, 0.15) is 34.6 Å². The van der Waals surface area contributed by atoms with Crippen LogP contribution in [0.2, 0.25) is 0 Å². The smallest absolute Gasteiger partial charge is 0.412 e. The molecule has 0 aliphatic carbocycles. The van der Waals surface area contributed by atoms with Crippen molar-refractivity contribution < 1.29 is 19.1 Å². The molecule has 0 N–H and O–H groups in total. The minimum Gasteiger partial charge on any atom is -0.428 e. The Kier molecular flexibility index (Phi) is 19.6. The number of rotatable bonds is 2. The van der Waals surface area contributed by atoms with Gasteiger partial charge in [-0.1, -0.05) is 27.7 Å². The molecule has 0 fully saturated rings. The van der Waals surface area contributed by atoms with E-state index in [0.29, 0.717) is 0 Å². The van der Waals surface area contributed by atoms with Crippen LogP contribution in [0.25, 0.3) is 0 Å². The van der Waals surface area contributed by atoms with Crippen LogP contribution in [0.4, 0.5) is 4.79 Å². The fourth-order valence-electron chi connectivity index (χ4n) is 0.292. The van der Waals surface area contributed by atoms with Gasteiger partial charge in [0, 0.05) is 21.0 Å². The van der Waals surface area contributed by atoms with Gasteiger partial charge >= 0.3 is 12.1 Å². The number of esters is 1. The molecule has 0 radical (unpaired) electrons. The van der Waals surface area contributed by atoms with E-state index in [4.69, 9.17) is 0 Å². The highest BCUT2D eigenvalue weighted by Gasteiger charge is 2.03. The van der Waals surface area contributed by atoms with Gasteiger partial charge in [-0.05, 0) is 0 Å². The van der Waals surface area contributed by atoms with Crippen molar-refractivity contribution in [2.45, 2.75) is 34.6 Å². The summed E-state index contributed by atoms with van der Waals surface area (Å²) in [6.07, 6.45) is -0.536. The van der Waals surface area contributed by atoms with Crippen LogP contribution in [0.3, 0.4) is 0 Å². The summed E-state index contributed by atoms with van der Waals surface area (Å²) in [5, 5.41) is 0. The molecule has 0 aliphatic heterocycles. The van der Waals surface area contributed by atoms with Crippen LogP contribution >= 0.6 is 0 Å². The Labute approximate surface area is 92.3 Å². The second kappa shape index (κ2) is 15.2. The van der Waals surface area contributed by atoms with Crippen molar-refractivity contribution in [2.24, 2.45) is 0 Å². The van der Waals surface area contributed by atoms with Gasteiger partial charge in [-0.15, -0.1) is 0 Å². The van der Waals surface area contributed by atoms with Gasteiger partial charge in [0.2, 0.25) is 6.79 Å². The van der Waals surface area contributed by atoms with Crippen LogP contribution < -0.4 is 0 Å². The average molecular weight is 221 g/mol. The molecule has 0 aromatic heterocycles. The molecule has 0 rings (SSSR count). The van der Waals surface area contributed by atoms with Gasteiger partial charge in [0.05, 0.1) is 0 Å². The quantitative estimate of drug-likeness (QED) is 0.530. The van der Waals surface area contributed by atoms with Gasteiger partial charge in [-0.3, -0.25) is 4.79 Å². The van der Waals surface area contributed by atoms with Gasteiger partial charge in [-0.25, -0.2) is 4.79 Å². The molecule has 0 unspecified atom stereocenters. The third kappa shape index (κ3) is 19.2. The van der Waals surface area contributed by atoms with Crippen molar-refractivity contribution in [2.75, 3.05) is 20.9 Å². The third-order valence-electron chi connectivity index (χ3n) is 0.810. The molecule has 0 aromatic rings. The summed E-state index contributed by atoms with van der Waals surface area (Å²) < 4.78 is 8.81. The molecule has 15 heavy (non-hydrogen) atoms. The Morgan fingerprint density at radius 3 is 1.67 bits per heavy atom. The van der Waals surface area contributed by atoms with Gasteiger partial charge in [-0.2, -0.15) is 0 Å². The zero-order chi connectivity index (χ0) is 12.9. The highest BCUT2D eigenvalue weighted by atomic mass is 16.7. The summed E-state index contributed by atoms with van der Waals surface area (Å²) in [5.74, 6) is -0.475. The van der Waals surface area contributed by atoms with Crippen molar-refractivity contribution in [1.29, 1.82) is 0 Å². The molecule has 1 amide bonds. The standard InChI is InChI=1S/C6H11NO4.2C2H6/c1-5(8)10-4-11-6(9)7(2)3;2*1-2/h4H2,1-3H3;2*1-2H3. The molecule has 0 saturated heterocycles. The first kappa shape index (κ1) is 19.3. The number of carbonyl (C=O) groups is 2.